The second kappa shape index (κ2) is 7.99. The zero-order valence-corrected chi connectivity index (χ0v) is 7.62. The van der Waals surface area contributed by atoms with Crippen molar-refractivity contribution >= 4 is 5.78 Å². The highest BCUT2D eigenvalue weighted by Gasteiger charge is 1.93. The van der Waals surface area contributed by atoms with Gasteiger partial charge in [0.1, 0.15) is 5.78 Å². The van der Waals surface area contributed by atoms with Crippen molar-refractivity contribution in [3.63, 3.8) is 0 Å². The first-order valence-corrected chi connectivity index (χ1v) is 4.27. The molecular weight excluding hydrogens is 148 g/mol. The number of rotatable bonds is 6. The van der Waals surface area contributed by atoms with Gasteiger partial charge in [-0.05, 0) is 6.42 Å². The van der Waals surface area contributed by atoms with E-state index < -0.39 is 0 Å². The number of carbonyl (C=O) groups is 1. The van der Waals surface area contributed by atoms with E-state index in [0.29, 0.717) is 18.6 Å². The van der Waals surface area contributed by atoms with Gasteiger partial charge in [-0.2, -0.15) is 0 Å². The highest BCUT2D eigenvalue weighted by molar-refractivity contribution is 5.78. The van der Waals surface area contributed by atoms with Gasteiger partial charge in [-0.3, -0.25) is 4.79 Å². The molecule has 1 nitrogen and oxygen atoms in total. The van der Waals surface area contributed by atoms with Crippen molar-refractivity contribution in [2.75, 3.05) is 0 Å². The maximum atomic E-state index is 10.8. The molecule has 0 unspecified atom stereocenters. The van der Waals surface area contributed by atoms with Crippen LogP contribution >= 0.6 is 0 Å². The van der Waals surface area contributed by atoms with Crippen molar-refractivity contribution in [1.82, 2.24) is 0 Å². The van der Waals surface area contributed by atoms with Crippen LogP contribution in [0.2, 0.25) is 0 Å². The minimum Gasteiger partial charge on any atom is -0.300 e. The molecular formula is C11H16O. The molecule has 66 valence electrons. The molecule has 0 aliphatic carbocycles. The Labute approximate surface area is 74.5 Å². The van der Waals surface area contributed by atoms with Gasteiger partial charge in [-0.25, -0.2) is 0 Å². The average Bonchev–Trinajstić information content (AvgIpc) is 2.10. The zero-order valence-electron chi connectivity index (χ0n) is 7.62. The molecule has 0 atom stereocenters. The van der Waals surface area contributed by atoms with Crippen LogP contribution in [-0.4, -0.2) is 5.78 Å². The summed E-state index contributed by atoms with van der Waals surface area (Å²) < 4.78 is 0. The molecule has 0 heterocycles. The molecule has 0 aromatic rings. The summed E-state index contributed by atoms with van der Waals surface area (Å²) in [5.41, 5.74) is 0. The lowest BCUT2D eigenvalue weighted by atomic mass is 10.2. The number of Topliss-reactive ketones (excluding diaryl/α,β-unsaturated/α-hetero) is 1. The second-order valence-corrected chi connectivity index (χ2v) is 2.48. The van der Waals surface area contributed by atoms with Crippen molar-refractivity contribution in [3.8, 4) is 0 Å². The van der Waals surface area contributed by atoms with Gasteiger partial charge in [-0.1, -0.05) is 43.9 Å². The van der Waals surface area contributed by atoms with Gasteiger partial charge >= 0.3 is 0 Å². The molecule has 1 heteroatoms. The van der Waals surface area contributed by atoms with Gasteiger partial charge in [0.25, 0.3) is 0 Å². The van der Waals surface area contributed by atoms with Crippen molar-refractivity contribution in [2.24, 2.45) is 0 Å². The van der Waals surface area contributed by atoms with E-state index in [1.165, 1.54) is 0 Å². The van der Waals surface area contributed by atoms with E-state index in [0.717, 1.165) is 6.42 Å². The SMILES string of the molecule is C=C/C=C\C=C/CCC(=O)CC. The zero-order chi connectivity index (χ0) is 9.23. The van der Waals surface area contributed by atoms with Gasteiger partial charge in [0.15, 0.2) is 0 Å². The molecule has 0 aromatic carbocycles. The molecule has 0 bridgehead atoms. The smallest absolute Gasteiger partial charge is 0.132 e. The number of hydrogen-bond donors (Lipinski definition) is 0. The topological polar surface area (TPSA) is 17.1 Å². The van der Waals surface area contributed by atoms with E-state index in [1.54, 1.807) is 6.08 Å². The predicted octanol–water partition coefficient (Wildman–Crippen LogP) is 3.04. The molecule has 0 aliphatic heterocycles. The van der Waals surface area contributed by atoms with Crippen LogP contribution in [0.25, 0.3) is 0 Å². The van der Waals surface area contributed by atoms with Crippen LogP contribution in [0.3, 0.4) is 0 Å². The largest absolute Gasteiger partial charge is 0.300 e. The monoisotopic (exact) mass is 164 g/mol. The Morgan fingerprint density at radius 1 is 1.33 bits per heavy atom. The Balaban J connectivity index is 3.42. The highest BCUT2D eigenvalue weighted by Crippen LogP contribution is 1.95. The van der Waals surface area contributed by atoms with E-state index in [9.17, 15) is 4.79 Å². The van der Waals surface area contributed by atoms with Crippen LogP contribution < -0.4 is 0 Å². The van der Waals surface area contributed by atoms with Gasteiger partial charge in [0.05, 0.1) is 0 Å². The maximum absolute atomic E-state index is 10.8. The first-order chi connectivity index (χ1) is 5.81. The summed E-state index contributed by atoms with van der Waals surface area (Å²) in [6, 6.07) is 0. The van der Waals surface area contributed by atoms with Crippen molar-refractivity contribution < 1.29 is 4.79 Å². The second-order valence-electron chi connectivity index (χ2n) is 2.48. The molecule has 0 saturated heterocycles. The Bertz CT molecular complexity index is 187. The van der Waals surface area contributed by atoms with E-state index in [1.807, 2.05) is 31.2 Å². The van der Waals surface area contributed by atoms with Gasteiger partial charge < -0.3 is 0 Å². The minimum absolute atomic E-state index is 0.326. The minimum atomic E-state index is 0.326. The number of carbonyl (C=O) groups excluding carboxylic acids is 1. The molecule has 0 radical (unpaired) electrons. The summed E-state index contributed by atoms with van der Waals surface area (Å²) in [6.07, 6.45) is 11.6. The number of hydrogen-bond acceptors (Lipinski definition) is 1. The number of allylic oxidation sites excluding steroid dienone is 5. The van der Waals surface area contributed by atoms with Gasteiger partial charge in [0.2, 0.25) is 0 Å². The third kappa shape index (κ3) is 7.00. The molecule has 0 rings (SSSR count). The normalized spacial score (nSPS) is 11.1. The lowest BCUT2D eigenvalue weighted by Crippen LogP contribution is -1.92. The lowest BCUT2D eigenvalue weighted by molar-refractivity contribution is -0.118. The fourth-order valence-corrected chi connectivity index (χ4v) is 0.739. The quantitative estimate of drug-likeness (QED) is 0.551. The van der Waals surface area contributed by atoms with E-state index in [-0.39, 0.29) is 0 Å². The van der Waals surface area contributed by atoms with Crippen LogP contribution in [0.1, 0.15) is 26.2 Å². The van der Waals surface area contributed by atoms with Gasteiger partial charge in [-0.15, -0.1) is 0 Å². The fraction of sp³-hybridized carbons (Fsp3) is 0.364. The number of ketones is 1. The Morgan fingerprint density at radius 2 is 2.08 bits per heavy atom. The third-order valence-electron chi connectivity index (χ3n) is 1.48. The molecule has 12 heavy (non-hydrogen) atoms. The fourth-order valence-electron chi connectivity index (χ4n) is 0.739. The first-order valence-electron chi connectivity index (χ1n) is 4.27. The molecule has 0 aromatic heterocycles. The van der Waals surface area contributed by atoms with Crippen molar-refractivity contribution in [1.29, 1.82) is 0 Å². The molecule has 0 aliphatic rings. The van der Waals surface area contributed by atoms with E-state index >= 15 is 0 Å². The van der Waals surface area contributed by atoms with Crippen LogP contribution in [0, 0.1) is 0 Å². The molecule has 0 amide bonds. The van der Waals surface area contributed by atoms with Crippen LogP contribution in [0.5, 0.6) is 0 Å². The summed E-state index contributed by atoms with van der Waals surface area (Å²) in [6.45, 7) is 5.44. The third-order valence-corrected chi connectivity index (χ3v) is 1.48. The standard InChI is InChI=1S/C11H16O/c1-3-5-6-7-8-9-10-11(12)4-2/h3,5-8H,1,4,9-10H2,2H3/b6-5-,8-7-. The highest BCUT2D eigenvalue weighted by atomic mass is 16.1. The summed E-state index contributed by atoms with van der Waals surface area (Å²) in [5, 5.41) is 0. The molecule has 0 spiro atoms. The van der Waals surface area contributed by atoms with E-state index in [4.69, 9.17) is 0 Å². The average molecular weight is 164 g/mol. The molecule has 0 N–H and O–H groups in total. The lowest BCUT2D eigenvalue weighted by Gasteiger charge is -1.89. The van der Waals surface area contributed by atoms with Crippen molar-refractivity contribution in [3.05, 3.63) is 37.0 Å². The van der Waals surface area contributed by atoms with Crippen molar-refractivity contribution in [2.45, 2.75) is 26.2 Å². The summed E-state index contributed by atoms with van der Waals surface area (Å²) >= 11 is 0. The summed E-state index contributed by atoms with van der Waals surface area (Å²) in [4.78, 5) is 10.8. The van der Waals surface area contributed by atoms with Crippen LogP contribution in [-0.2, 0) is 4.79 Å². The van der Waals surface area contributed by atoms with Crippen LogP contribution in [0.15, 0.2) is 37.0 Å². The van der Waals surface area contributed by atoms with Crippen LogP contribution in [0.4, 0.5) is 0 Å². The predicted molar refractivity (Wildman–Crippen MR) is 53.0 cm³/mol. The molecule has 0 saturated carbocycles. The van der Waals surface area contributed by atoms with Gasteiger partial charge in [0, 0.05) is 12.8 Å². The molecule has 0 fully saturated rings. The van der Waals surface area contributed by atoms with E-state index in [2.05, 4.69) is 6.58 Å². The summed E-state index contributed by atoms with van der Waals surface area (Å²) in [7, 11) is 0. The summed E-state index contributed by atoms with van der Waals surface area (Å²) in [5.74, 6) is 0.326. The maximum Gasteiger partial charge on any atom is 0.132 e. The Morgan fingerprint density at radius 3 is 2.67 bits per heavy atom. The Hall–Kier alpha value is -1.11. The first kappa shape index (κ1) is 10.9. The Kier molecular flexibility index (Phi) is 7.25.